The van der Waals surface area contributed by atoms with Crippen LogP contribution < -0.4 is 10.1 Å². The van der Waals surface area contributed by atoms with Crippen molar-refractivity contribution in [3.8, 4) is 11.5 Å². The van der Waals surface area contributed by atoms with Gasteiger partial charge >= 0.3 is 0 Å². The molecule has 0 fully saturated rings. The minimum absolute atomic E-state index is 0.0506. The lowest BCUT2D eigenvalue weighted by Crippen LogP contribution is -2.26. The maximum Gasteiger partial charge on any atom is 0.233 e. The first kappa shape index (κ1) is 14.8. The topological polar surface area (TPSA) is 84.6 Å². The van der Waals surface area contributed by atoms with Gasteiger partial charge in [0.25, 0.3) is 0 Å². The number of hydrogen-bond acceptors (Lipinski definition) is 6. The smallest absolute Gasteiger partial charge is 0.233 e. The fourth-order valence-corrected chi connectivity index (χ4v) is 3.64. The van der Waals surface area contributed by atoms with Gasteiger partial charge in [0.2, 0.25) is 5.88 Å². The number of aromatic nitrogens is 1. The average Bonchev–Trinajstić information content (AvgIpc) is 2.94. The Hall–Kier alpha value is -2.76. The second kappa shape index (κ2) is 5.40. The first-order chi connectivity index (χ1) is 11.6. The highest BCUT2D eigenvalue weighted by Gasteiger charge is 2.38. The quantitative estimate of drug-likeness (QED) is 0.881. The average molecular weight is 326 g/mol. The van der Waals surface area contributed by atoms with Gasteiger partial charge in [-0.1, -0.05) is 11.2 Å². The Morgan fingerprint density at radius 2 is 2.21 bits per heavy atom. The lowest BCUT2D eigenvalue weighted by molar-refractivity contribution is -0.116. The van der Waals surface area contributed by atoms with Gasteiger partial charge in [0.15, 0.2) is 17.3 Å². The number of anilines is 1. The van der Waals surface area contributed by atoms with Gasteiger partial charge < -0.3 is 19.7 Å². The number of nitrogens with one attached hydrogen (secondary N) is 1. The predicted molar refractivity (Wildman–Crippen MR) is 87.2 cm³/mol. The monoisotopic (exact) mass is 326 g/mol. The summed E-state index contributed by atoms with van der Waals surface area (Å²) in [5.74, 6) is 0.886. The minimum Gasteiger partial charge on any atom is -0.504 e. The van der Waals surface area contributed by atoms with Gasteiger partial charge in [-0.15, -0.1) is 0 Å². The summed E-state index contributed by atoms with van der Waals surface area (Å²) in [6, 6.07) is 5.23. The number of aromatic hydroxyl groups is 1. The zero-order valence-electron chi connectivity index (χ0n) is 13.5. The van der Waals surface area contributed by atoms with Crippen LogP contribution in [-0.2, 0) is 4.79 Å². The summed E-state index contributed by atoms with van der Waals surface area (Å²) < 4.78 is 10.5. The molecule has 0 unspecified atom stereocenters. The fourth-order valence-electron chi connectivity index (χ4n) is 3.64. The molecule has 0 bridgehead atoms. The number of phenolic OH excluding ortho intramolecular Hbond substituents is 1. The minimum atomic E-state index is -0.285. The third-order valence-electron chi connectivity index (χ3n) is 4.74. The number of phenols is 1. The SMILES string of the molecule is COc1ccc([C@H]2C3=C(CCCC3=O)Nc3onc(C)c32)cc1O. The fraction of sp³-hybridized carbons (Fsp3) is 0.333. The van der Waals surface area contributed by atoms with Crippen LogP contribution in [-0.4, -0.2) is 23.2 Å². The van der Waals surface area contributed by atoms with E-state index >= 15 is 0 Å². The molecule has 0 saturated heterocycles. The normalized spacial score (nSPS) is 19.6. The number of carbonyl (C=O) groups is 1. The van der Waals surface area contributed by atoms with E-state index in [0.717, 1.165) is 40.9 Å². The summed E-state index contributed by atoms with van der Waals surface area (Å²) in [5.41, 5.74) is 4.07. The number of Topliss-reactive ketones (excluding diaryl/α,β-unsaturated/α-hetero) is 1. The molecule has 2 N–H and O–H groups in total. The van der Waals surface area contributed by atoms with Crippen LogP contribution in [0.25, 0.3) is 0 Å². The third kappa shape index (κ3) is 2.10. The number of carbonyl (C=O) groups excluding carboxylic acids is 1. The van der Waals surface area contributed by atoms with Crippen molar-refractivity contribution in [2.24, 2.45) is 0 Å². The number of rotatable bonds is 2. The van der Waals surface area contributed by atoms with Gasteiger partial charge in [-0.3, -0.25) is 4.79 Å². The van der Waals surface area contributed by atoms with Crippen molar-refractivity contribution in [1.29, 1.82) is 0 Å². The number of allylic oxidation sites excluding steroid dienone is 2. The molecule has 124 valence electrons. The molecule has 0 saturated carbocycles. The van der Waals surface area contributed by atoms with Crippen molar-refractivity contribution in [3.05, 3.63) is 46.3 Å². The van der Waals surface area contributed by atoms with E-state index in [1.165, 1.54) is 7.11 Å². The van der Waals surface area contributed by atoms with Gasteiger partial charge in [0, 0.05) is 23.6 Å². The number of methoxy groups -OCH3 is 1. The summed E-state index contributed by atoms with van der Waals surface area (Å²) in [6.07, 6.45) is 2.17. The van der Waals surface area contributed by atoms with Gasteiger partial charge in [-0.25, -0.2) is 0 Å². The molecule has 1 aliphatic carbocycles. The van der Waals surface area contributed by atoms with E-state index in [1.807, 2.05) is 13.0 Å². The Morgan fingerprint density at radius 3 is 2.96 bits per heavy atom. The molecule has 6 nitrogen and oxygen atoms in total. The standard InChI is InChI=1S/C18H18N2O4/c1-9-15-16(10-6-7-14(23-2)13(22)8-10)17-11(4-3-5-12(17)21)19-18(15)24-20-9/h6-8,16,19,22H,3-5H2,1-2H3/t16-/m1/s1. The van der Waals surface area contributed by atoms with Crippen molar-refractivity contribution in [1.82, 2.24) is 5.16 Å². The second-order valence-electron chi connectivity index (χ2n) is 6.17. The number of nitrogens with zero attached hydrogens (tertiary/aromatic N) is 1. The molecule has 1 aliphatic heterocycles. The van der Waals surface area contributed by atoms with Gasteiger partial charge in [-0.05, 0) is 37.5 Å². The number of hydrogen-bond donors (Lipinski definition) is 2. The molecule has 1 aromatic heterocycles. The Morgan fingerprint density at radius 1 is 1.38 bits per heavy atom. The second-order valence-corrected chi connectivity index (χ2v) is 6.17. The van der Waals surface area contributed by atoms with E-state index in [1.54, 1.807) is 12.1 Å². The molecule has 1 aromatic carbocycles. The molecule has 2 aromatic rings. The summed E-state index contributed by atoms with van der Waals surface area (Å²) >= 11 is 0. The van der Waals surface area contributed by atoms with Gasteiger partial charge in [-0.2, -0.15) is 0 Å². The Kier molecular flexibility index (Phi) is 3.33. The van der Waals surface area contributed by atoms with Crippen molar-refractivity contribution >= 4 is 11.7 Å². The number of ketones is 1. The molecule has 4 rings (SSSR count). The first-order valence-electron chi connectivity index (χ1n) is 7.96. The van der Waals surface area contributed by atoms with E-state index in [0.29, 0.717) is 18.1 Å². The molecule has 2 heterocycles. The van der Waals surface area contributed by atoms with E-state index in [-0.39, 0.29) is 17.5 Å². The zero-order valence-corrected chi connectivity index (χ0v) is 13.5. The van der Waals surface area contributed by atoms with Crippen LogP contribution in [0.3, 0.4) is 0 Å². The van der Waals surface area contributed by atoms with Crippen molar-refractivity contribution in [3.63, 3.8) is 0 Å². The van der Waals surface area contributed by atoms with E-state index in [4.69, 9.17) is 9.26 Å². The maximum atomic E-state index is 12.6. The van der Waals surface area contributed by atoms with Crippen molar-refractivity contribution in [2.75, 3.05) is 12.4 Å². The van der Waals surface area contributed by atoms with E-state index in [2.05, 4.69) is 10.5 Å². The predicted octanol–water partition coefficient (Wildman–Crippen LogP) is 3.26. The Balaban J connectivity index is 1.92. The molecule has 0 amide bonds. The maximum absolute atomic E-state index is 12.6. The molecule has 6 heteroatoms. The summed E-state index contributed by atoms with van der Waals surface area (Å²) in [7, 11) is 1.51. The van der Waals surface area contributed by atoms with E-state index in [9.17, 15) is 9.90 Å². The highest BCUT2D eigenvalue weighted by atomic mass is 16.5. The molecule has 24 heavy (non-hydrogen) atoms. The molecular formula is C18H18N2O4. The molecule has 0 spiro atoms. The summed E-state index contributed by atoms with van der Waals surface area (Å²) in [4.78, 5) is 12.6. The molecule has 1 atom stereocenters. The highest BCUT2D eigenvalue weighted by molar-refractivity contribution is 6.01. The number of aryl methyl sites for hydroxylation is 1. The van der Waals surface area contributed by atoms with Gasteiger partial charge in [0.1, 0.15) is 0 Å². The lowest BCUT2D eigenvalue weighted by atomic mass is 9.76. The van der Waals surface area contributed by atoms with Crippen LogP contribution >= 0.6 is 0 Å². The summed E-state index contributed by atoms with van der Waals surface area (Å²) in [6.45, 7) is 1.86. The number of benzene rings is 1. The van der Waals surface area contributed by atoms with Crippen LogP contribution in [0.15, 0.2) is 34.0 Å². The van der Waals surface area contributed by atoms with Crippen LogP contribution in [0.4, 0.5) is 5.88 Å². The van der Waals surface area contributed by atoms with Crippen LogP contribution in [0, 0.1) is 6.92 Å². The number of ether oxygens (including phenoxy) is 1. The highest BCUT2D eigenvalue weighted by Crippen LogP contribution is 2.47. The number of fused-ring (bicyclic) bond motifs is 1. The van der Waals surface area contributed by atoms with Crippen LogP contribution in [0.5, 0.6) is 11.5 Å². The Bertz CT molecular complexity index is 866. The first-order valence-corrected chi connectivity index (χ1v) is 7.96. The molecule has 2 aliphatic rings. The Labute approximate surface area is 139 Å². The van der Waals surface area contributed by atoms with Crippen LogP contribution in [0.2, 0.25) is 0 Å². The summed E-state index contributed by atoms with van der Waals surface area (Å²) in [5, 5.41) is 17.5. The van der Waals surface area contributed by atoms with Crippen molar-refractivity contribution in [2.45, 2.75) is 32.1 Å². The molecule has 0 radical (unpaired) electrons. The van der Waals surface area contributed by atoms with Crippen molar-refractivity contribution < 1.29 is 19.2 Å². The molecular weight excluding hydrogens is 308 g/mol. The lowest BCUT2D eigenvalue weighted by Gasteiger charge is -2.31. The van der Waals surface area contributed by atoms with Gasteiger partial charge in [0.05, 0.1) is 18.4 Å². The zero-order chi connectivity index (χ0) is 16.8. The van der Waals surface area contributed by atoms with Crippen LogP contribution in [0.1, 0.15) is 42.0 Å². The third-order valence-corrected chi connectivity index (χ3v) is 4.74. The largest absolute Gasteiger partial charge is 0.504 e. The van der Waals surface area contributed by atoms with E-state index < -0.39 is 0 Å².